The number of halogens is 1. The largest absolute Gasteiger partial charge is 0.339 e. The third-order valence-electron chi connectivity index (χ3n) is 5.85. The number of fused-ring (bicyclic) bond motifs is 2. The van der Waals surface area contributed by atoms with Crippen LogP contribution in [0.4, 0.5) is 0 Å². The Hall–Kier alpha value is -0.330. The van der Waals surface area contributed by atoms with Crippen molar-refractivity contribution in [3.63, 3.8) is 0 Å². The summed E-state index contributed by atoms with van der Waals surface area (Å²) in [7, 11) is -3.08. The first-order valence-corrected chi connectivity index (χ1v) is 10.9. The molecule has 0 aromatic heterocycles. The van der Waals surface area contributed by atoms with Crippen LogP contribution >= 0.6 is 12.4 Å². The zero-order valence-electron chi connectivity index (χ0n) is 15.1. The number of carbonyl (C=O) groups excluding carboxylic acids is 1. The van der Waals surface area contributed by atoms with E-state index in [0.717, 1.165) is 25.7 Å². The molecule has 0 aliphatic heterocycles. The van der Waals surface area contributed by atoms with E-state index in [2.05, 4.69) is 0 Å². The average molecular weight is 381 g/mol. The van der Waals surface area contributed by atoms with E-state index in [1.807, 2.05) is 13.8 Å². The average Bonchev–Trinajstić information content (AvgIpc) is 2.47. The lowest BCUT2D eigenvalue weighted by Crippen LogP contribution is -2.51. The van der Waals surface area contributed by atoms with E-state index < -0.39 is 9.84 Å². The fraction of sp³-hybridized carbons (Fsp3) is 0.941. The number of hydrogen-bond donors (Lipinski definition) is 1. The van der Waals surface area contributed by atoms with Crippen molar-refractivity contribution in [3.8, 4) is 0 Å². The maximum absolute atomic E-state index is 13.0. The molecule has 1 amide bonds. The molecule has 0 saturated heterocycles. The molecule has 2 saturated carbocycles. The molecule has 2 bridgehead atoms. The zero-order chi connectivity index (χ0) is 17.2. The molecule has 7 heteroatoms. The van der Waals surface area contributed by atoms with Crippen LogP contribution in [0.1, 0.15) is 52.9 Å². The number of rotatable bonds is 6. The molecule has 0 aromatic carbocycles. The molecular formula is C17H33ClN2O3S. The monoisotopic (exact) mass is 380 g/mol. The Morgan fingerprint density at radius 3 is 2.21 bits per heavy atom. The summed E-state index contributed by atoms with van der Waals surface area (Å²) in [4.78, 5) is 14.7. The van der Waals surface area contributed by atoms with Gasteiger partial charge in [-0.1, -0.05) is 13.3 Å². The summed E-state index contributed by atoms with van der Waals surface area (Å²) in [5.74, 6) is 1.27. The highest BCUT2D eigenvalue weighted by Gasteiger charge is 2.42. The summed E-state index contributed by atoms with van der Waals surface area (Å²) in [5, 5.41) is 0. The second-order valence-corrected chi connectivity index (χ2v) is 9.77. The van der Waals surface area contributed by atoms with Gasteiger partial charge < -0.3 is 10.6 Å². The van der Waals surface area contributed by atoms with E-state index in [0.29, 0.717) is 18.4 Å². The summed E-state index contributed by atoms with van der Waals surface area (Å²) >= 11 is 0. The summed E-state index contributed by atoms with van der Waals surface area (Å²) in [6, 6.07) is -0.00587. The molecule has 3 atom stereocenters. The van der Waals surface area contributed by atoms with Crippen LogP contribution in [0.15, 0.2) is 0 Å². The Morgan fingerprint density at radius 2 is 1.75 bits per heavy atom. The van der Waals surface area contributed by atoms with Gasteiger partial charge in [-0.15, -0.1) is 12.4 Å². The third kappa shape index (κ3) is 4.85. The van der Waals surface area contributed by atoms with Crippen LogP contribution in [0.25, 0.3) is 0 Å². The van der Waals surface area contributed by atoms with Crippen molar-refractivity contribution in [2.24, 2.45) is 23.5 Å². The Morgan fingerprint density at radius 1 is 1.21 bits per heavy atom. The lowest BCUT2D eigenvalue weighted by Gasteiger charge is -2.45. The summed E-state index contributed by atoms with van der Waals surface area (Å²) < 4.78 is 23.8. The first-order chi connectivity index (χ1) is 10.8. The SMILES string of the molecule is CCN(C(=O)C1CC2CCCC(C1)C2N)C(C)CS(=O)(=O)CC.Cl. The van der Waals surface area contributed by atoms with E-state index >= 15 is 0 Å². The van der Waals surface area contributed by atoms with Gasteiger partial charge in [-0.2, -0.15) is 0 Å². The van der Waals surface area contributed by atoms with Crippen LogP contribution in [0.2, 0.25) is 0 Å². The van der Waals surface area contributed by atoms with E-state index in [1.54, 1.807) is 11.8 Å². The van der Waals surface area contributed by atoms with Gasteiger partial charge in [0.2, 0.25) is 5.91 Å². The van der Waals surface area contributed by atoms with E-state index in [4.69, 9.17) is 5.73 Å². The maximum atomic E-state index is 13.0. The van der Waals surface area contributed by atoms with Gasteiger partial charge in [-0.3, -0.25) is 4.79 Å². The minimum Gasteiger partial charge on any atom is -0.339 e. The smallest absolute Gasteiger partial charge is 0.225 e. The molecule has 0 aromatic rings. The topological polar surface area (TPSA) is 80.5 Å². The van der Waals surface area contributed by atoms with Crippen LogP contribution in [0.3, 0.4) is 0 Å². The number of nitrogens with two attached hydrogens (primary N) is 1. The quantitative estimate of drug-likeness (QED) is 0.766. The van der Waals surface area contributed by atoms with Crippen LogP contribution in [-0.2, 0) is 14.6 Å². The Balaban J connectivity index is 0.00000288. The number of hydrogen-bond acceptors (Lipinski definition) is 4. The van der Waals surface area contributed by atoms with Crippen molar-refractivity contribution in [3.05, 3.63) is 0 Å². The lowest BCUT2D eigenvalue weighted by atomic mass is 9.65. The van der Waals surface area contributed by atoms with Gasteiger partial charge in [0.25, 0.3) is 0 Å². The molecule has 24 heavy (non-hydrogen) atoms. The van der Waals surface area contributed by atoms with Crippen molar-refractivity contribution >= 4 is 28.2 Å². The Labute approximate surface area is 153 Å². The van der Waals surface area contributed by atoms with Gasteiger partial charge in [0.15, 0.2) is 9.84 Å². The van der Waals surface area contributed by atoms with Gasteiger partial charge in [0.05, 0.1) is 5.75 Å². The molecule has 0 radical (unpaired) electrons. The van der Waals surface area contributed by atoms with Gasteiger partial charge in [0.1, 0.15) is 0 Å². The first-order valence-electron chi connectivity index (χ1n) is 9.05. The van der Waals surface area contributed by atoms with Crippen molar-refractivity contribution in [2.75, 3.05) is 18.1 Å². The predicted molar refractivity (Wildman–Crippen MR) is 100.0 cm³/mol. The second-order valence-electron chi connectivity index (χ2n) is 7.37. The molecule has 0 heterocycles. The van der Waals surface area contributed by atoms with Crippen molar-refractivity contribution in [1.29, 1.82) is 0 Å². The van der Waals surface area contributed by atoms with E-state index in [9.17, 15) is 13.2 Å². The van der Waals surface area contributed by atoms with Crippen molar-refractivity contribution < 1.29 is 13.2 Å². The van der Waals surface area contributed by atoms with Gasteiger partial charge in [-0.05, 0) is 51.4 Å². The molecule has 3 unspecified atom stereocenters. The van der Waals surface area contributed by atoms with Crippen molar-refractivity contribution in [1.82, 2.24) is 4.90 Å². The molecule has 142 valence electrons. The maximum Gasteiger partial charge on any atom is 0.225 e. The van der Waals surface area contributed by atoms with Gasteiger partial charge in [0, 0.05) is 30.3 Å². The Kier molecular flexibility index (Phi) is 8.01. The molecule has 2 aliphatic carbocycles. The van der Waals surface area contributed by atoms with Gasteiger partial charge >= 0.3 is 0 Å². The van der Waals surface area contributed by atoms with Gasteiger partial charge in [-0.25, -0.2) is 8.42 Å². The second kappa shape index (κ2) is 8.86. The first kappa shape index (κ1) is 21.7. The normalized spacial score (nSPS) is 31.0. The molecule has 2 aliphatic rings. The minimum atomic E-state index is -3.08. The highest BCUT2D eigenvalue weighted by atomic mass is 35.5. The highest BCUT2D eigenvalue weighted by molar-refractivity contribution is 7.91. The highest BCUT2D eigenvalue weighted by Crippen LogP contribution is 2.42. The summed E-state index contributed by atoms with van der Waals surface area (Å²) in [5.41, 5.74) is 6.31. The molecule has 2 fully saturated rings. The number of amides is 1. The minimum absolute atomic E-state index is 0. The fourth-order valence-corrected chi connectivity index (χ4v) is 5.64. The molecule has 5 nitrogen and oxygen atoms in total. The molecule has 0 spiro atoms. The standard InChI is InChI=1S/C17H32N2O3S.ClH/c1-4-19(12(3)11-23(21,22)5-2)17(20)15-9-13-7-6-8-14(10-15)16(13)18;/h12-16H,4-11,18H2,1-3H3;1H. The predicted octanol–water partition coefficient (Wildman–Crippen LogP) is 2.23. The summed E-state index contributed by atoms with van der Waals surface area (Å²) in [6.07, 6.45) is 5.24. The lowest BCUT2D eigenvalue weighted by molar-refractivity contribution is -0.140. The Bertz CT molecular complexity index is 512. The zero-order valence-corrected chi connectivity index (χ0v) is 16.7. The number of nitrogens with zero attached hydrogens (tertiary/aromatic N) is 1. The number of carbonyl (C=O) groups is 1. The van der Waals surface area contributed by atoms with Crippen LogP contribution in [0, 0.1) is 17.8 Å². The molecule has 2 rings (SSSR count). The van der Waals surface area contributed by atoms with Crippen LogP contribution < -0.4 is 5.73 Å². The fourth-order valence-electron chi connectivity index (χ4n) is 4.49. The third-order valence-corrected chi connectivity index (χ3v) is 7.72. The number of sulfone groups is 1. The van der Waals surface area contributed by atoms with Crippen molar-refractivity contribution in [2.45, 2.75) is 65.0 Å². The molecular weight excluding hydrogens is 348 g/mol. The summed E-state index contributed by atoms with van der Waals surface area (Å²) in [6.45, 7) is 6.01. The van der Waals surface area contributed by atoms with Crippen LogP contribution in [0.5, 0.6) is 0 Å². The van der Waals surface area contributed by atoms with Crippen LogP contribution in [-0.4, -0.2) is 49.4 Å². The van der Waals surface area contributed by atoms with E-state index in [-0.39, 0.29) is 47.8 Å². The molecule has 2 N–H and O–H groups in total. The van der Waals surface area contributed by atoms with E-state index in [1.165, 1.54) is 6.42 Å².